The predicted molar refractivity (Wildman–Crippen MR) is 38.0 cm³/mol. The van der Waals surface area contributed by atoms with Crippen LogP contribution in [0.5, 0.6) is 0 Å². The Balaban J connectivity index is 3.58. The van der Waals surface area contributed by atoms with Crippen molar-refractivity contribution >= 4 is 5.91 Å². The van der Waals surface area contributed by atoms with Gasteiger partial charge in [-0.1, -0.05) is 13.0 Å². The molecule has 0 bridgehead atoms. The molecule has 0 aromatic carbocycles. The highest BCUT2D eigenvalue weighted by Crippen LogP contribution is 2.00. The molecule has 0 fully saturated rings. The van der Waals surface area contributed by atoms with E-state index in [9.17, 15) is 4.79 Å². The summed E-state index contributed by atoms with van der Waals surface area (Å²) in [6.07, 6.45) is 2.50. The Labute approximate surface area is 56.0 Å². The van der Waals surface area contributed by atoms with E-state index in [2.05, 4.69) is 11.9 Å². The topological polar surface area (TPSA) is 29.1 Å². The second kappa shape index (κ2) is 4.13. The Kier molecular flexibility index (Phi) is 3.76. The maximum atomic E-state index is 10.7. The van der Waals surface area contributed by atoms with E-state index in [1.807, 2.05) is 6.92 Å². The SMILES string of the molecule is C=CCC(C)C(=O)NC. The monoisotopic (exact) mass is 127 g/mol. The van der Waals surface area contributed by atoms with Crippen molar-refractivity contribution in [1.82, 2.24) is 5.32 Å². The highest BCUT2D eigenvalue weighted by atomic mass is 16.1. The van der Waals surface area contributed by atoms with Crippen LogP contribution in [0.1, 0.15) is 13.3 Å². The molecule has 2 nitrogen and oxygen atoms in total. The number of rotatable bonds is 3. The molecular formula is C7H13NO. The van der Waals surface area contributed by atoms with Gasteiger partial charge in [0.15, 0.2) is 0 Å². The van der Waals surface area contributed by atoms with Gasteiger partial charge in [0.25, 0.3) is 0 Å². The molecule has 0 aliphatic heterocycles. The first kappa shape index (κ1) is 8.21. The van der Waals surface area contributed by atoms with Crippen molar-refractivity contribution in [3.63, 3.8) is 0 Å². The summed E-state index contributed by atoms with van der Waals surface area (Å²) in [5, 5.41) is 2.56. The normalized spacial score (nSPS) is 12.2. The van der Waals surface area contributed by atoms with Gasteiger partial charge in [-0.05, 0) is 6.42 Å². The minimum Gasteiger partial charge on any atom is -0.359 e. The molecule has 0 aromatic heterocycles. The van der Waals surface area contributed by atoms with Crippen LogP contribution in [-0.2, 0) is 4.79 Å². The molecule has 1 N–H and O–H groups in total. The van der Waals surface area contributed by atoms with Gasteiger partial charge < -0.3 is 5.32 Å². The maximum absolute atomic E-state index is 10.7. The largest absolute Gasteiger partial charge is 0.359 e. The van der Waals surface area contributed by atoms with Crippen molar-refractivity contribution < 1.29 is 4.79 Å². The summed E-state index contributed by atoms with van der Waals surface area (Å²) in [4.78, 5) is 10.7. The van der Waals surface area contributed by atoms with Crippen molar-refractivity contribution in [3.8, 4) is 0 Å². The molecule has 0 rings (SSSR count). The number of carbonyl (C=O) groups is 1. The van der Waals surface area contributed by atoms with Gasteiger partial charge in [-0.15, -0.1) is 6.58 Å². The molecule has 1 atom stereocenters. The molecule has 0 saturated carbocycles. The lowest BCUT2D eigenvalue weighted by molar-refractivity contribution is -0.123. The van der Waals surface area contributed by atoms with E-state index in [1.165, 1.54) is 0 Å². The van der Waals surface area contributed by atoms with Gasteiger partial charge in [0, 0.05) is 13.0 Å². The first-order valence-corrected chi connectivity index (χ1v) is 3.04. The molecule has 0 heterocycles. The Morgan fingerprint density at radius 3 is 2.78 bits per heavy atom. The van der Waals surface area contributed by atoms with Crippen molar-refractivity contribution in [3.05, 3.63) is 12.7 Å². The second-order valence-corrected chi connectivity index (χ2v) is 2.04. The van der Waals surface area contributed by atoms with Crippen LogP contribution >= 0.6 is 0 Å². The van der Waals surface area contributed by atoms with Crippen LogP contribution in [0.25, 0.3) is 0 Å². The number of hydrogen-bond acceptors (Lipinski definition) is 1. The standard InChI is InChI=1S/C7H13NO/c1-4-5-6(2)7(9)8-3/h4,6H,1,5H2,2-3H3,(H,8,9). The summed E-state index contributed by atoms with van der Waals surface area (Å²) < 4.78 is 0. The molecular weight excluding hydrogens is 114 g/mol. The highest BCUT2D eigenvalue weighted by molar-refractivity contribution is 5.77. The molecule has 0 spiro atoms. The lowest BCUT2D eigenvalue weighted by Gasteiger charge is -2.04. The molecule has 0 aromatic rings. The van der Waals surface area contributed by atoms with E-state index in [0.29, 0.717) is 0 Å². The molecule has 0 radical (unpaired) electrons. The third-order valence-corrected chi connectivity index (χ3v) is 1.21. The van der Waals surface area contributed by atoms with Crippen LogP contribution in [0.4, 0.5) is 0 Å². The van der Waals surface area contributed by atoms with Crippen LogP contribution in [-0.4, -0.2) is 13.0 Å². The van der Waals surface area contributed by atoms with E-state index in [0.717, 1.165) is 6.42 Å². The number of allylic oxidation sites excluding steroid dienone is 1. The van der Waals surface area contributed by atoms with E-state index in [4.69, 9.17) is 0 Å². The summed E-state index contributed by atoms with van der Waals surface area (Å²) >= 11 is 0. The minimum absolute atomic E-state index is 0.0625. The van der Waals surface area contributed by atoms with Crippen LogP contribution in [0.2, 0.25) is 0 Å². The summed E-state index contributed by atoms with van der Waals surface area (Å²) in [6.45, 7) is 5.41. The molecule has 1 amide bonds. The fraction of sp³-hybridized carbons (Fsp3) is 0.571. The number of amides is 1. The van der Waals surface area contributed by atoms with Crippen molar-refractivity contribution in [1.29, 1.82) is 0 Å². The first-order chi connectivity index (χ1) is 4.22. The van der Waals surface area contributed by atoms with E-state index in [1.54, 1.807) is 13.1 Å². The summed E-state index contributed by atoms with van der Waals surface area (Å²) in [7, 11) is 1.64. The molecule has 2 heteroatoms. The van der Waals surface area contributed by atoms with Crippen molar-refractivity contribution in [2.75, 3.05) is 7.05 Å². The van der Waals surface area contributed by atoms with E-state index in [-0.39, 0.29) is 11.8 Å². The van der Waals surface area contributed by atoms with Gasteiger partial charge in [-0.2, -0.15) is 0 Å². The van der Waals surface area contributed by atoms with Crippen molar-refractivity contribution in [2.45, 2.75) is 13.3 Å². The zero-order chi connectivity index (χ0) is 7.28. The van der Waals surface area contributed by atoms with Gasteiger partial charge in [-0.3, -0.25) is 4.79 Å². The lowest BCUT2D eigenvalue weighted by Crippen LogP contribution is -2.24. The Hall–Kier alpha value is -0.790. The molecule has 9 heavy (non-hydrogen) atoms. The van der Waals surface area contributed by atoms with Crippen LogP contribution < -0.4 is 5.32 Å². The van der Waals surface area contributed by atoms with Crippen LogP contribution in [0, 0.1) is 5.92 Å². The number of carbonyl (C=O) groups excluding carboxylic acids is 1. The Morgan fingerprint density at radius 1 is 1.89 bits per heavy atom. The van der Waals surface area contributed by atoms with Gasteiger partial charge in [0.1, 0.15) is 0 Å². The molecule has 0 aliphatic rings. The third-order valence-electron chi connectivity index (χ3n) is 1.21. The quantitative estimate of drug-likeness (QED) is 0.562. The minimum atomic E-state index is 0.0625. The zero-order valence-electron chi connectivity index (χ0n) is 5.98. The summed E-state index contributed by atoms with van der Waals surface area (Å²) in [6, 6.07) is 0. The average Bonchev–Trinajstić information content (AvgIpc) is 1.87. The van der Waals surface area contributed by atoms with E-state index < -0.39 is 0 Å². The van der Waals surface area contributed by atoms with Gasteiger partial charge in [0.05, 0.1) is 0 Å². The Morgan fingerprint density at radius 2 is 2.44 bits per heavy atom. The van der Waals surface area contributed by atoms with Crippen molar-refractivity contribution in [2.24, 2.45) is 5.92 Å². The summed E-state index contributed by atoms with van der Waals surface area (Å²) in [5.74, 6) is 0.141. The predicted octanol–water partition coefficient (Wildman–Crippen LogP) is 0.945. The van der Waals surface area contributed by atoms with Crippen LogP contribution in [0.15, 0.2) is 12.7 Å². The number of nitrogens with one attached hydrogen (secondary N) is 1. The third kappa shape index (κ3) is 2.90. The maximum Gasteiger partial charge on any atom is 0.222 e. The van der Waals surface area contributed by atoms with Gasteiger partial charge in [0.2, 0.25) is 5.91 Å². The average molecular weight is 127 g/mol. The van der Waals surface area contributed by atoms with Crippen LogP contribution in [0.3, 0.4) is 0 Å². The van der Waals surface area contributed by atoms with Gasteiger partial charge >= 0.3 is 0 Å². The molecule has 1 unspecified atom stereocenters. The Bertz CT molecular complexity index is 109. The second-order valence-electron chi connectivity index (χ2n) is 2.04. The van der Waals surface area contributed by atoms with E-state index >= 15 is 0 Å². The highest BCUT2D eigenvalue weighted by Gasteiger charge is 2.06. The molecule has 52 valence electrons. The fourth-order valence-electron chi connectivity index (χ4n) is 0.603. The number of hydrogen-bond donors (Lipinski definition) is 1. The fourth-order valence-corrected chi connectivity index (χ4v) is 0.603. The zero-order valence-corrected chi connectivity index (χ0v) is 5.98. The molecule has 0 aliphatic carbocycles. The first-order valence-electron chi connectivity index (χ1n) is 3.04. The lowest BCUT2D eigenvalue weighted by atomic mass is 10.1. The summed E-state index contributed by atoms with van der Waals surface area (Å²) in [5.41, 5.74) is 0. The molecule has 0 saturated heterocycles. The van der Waals surface area contributed by atoms with Gasteiger partial charge in [-0.25, -0.2) is 0 Å². The smallest absolute Gasteiger partial charge is 0.222 e.